The number of nitrogens with zero attached hydrogens (tertiary/aromatic N) is 16. The van der Waals surface area contributed by atoms with Crippen LogP contribution in [0.15, 0.2) is 420 Å². The summed E-state index contributed by atoms with van der Waals surface area (Å²) < 4.78 is 0. The van der Waals surface area contributed by atoms with Gasteiger partial charge in [-0.1, -0.05) is 415 Å². The van der Waals surface area contributed by atoms with E-state index in [0.29, 0.717) is 34.9 Å². The molecule has 11 aromatic carbocycles. The quantitative estimate of drug-likeness (QED) is 0.125. The Labute approximate surface area is 716 Å². The van der Waals surface area contributed by atoms with Gasteiger partial charge >= 0.3 is 0 Å². The van der Waals surface area contributed by atoms with E-state index in [1.165, 1.54) is 19.0 Å². The van der Waals surface area contributed by atoms with Crippen LogP contribution in [0, 0.1) is 20.8 Å². The molecule has 0 aliphatic carbocycles. The first-order valence-corrected chi connectivity index (χ1v) is 40.8. The first-order chi connectivity index (χ1) is 59.8. The molecule has 16 heteroatoms. The van der Waals surface area contributed by atoms with Crippen molar-refractivity contribution in [1.29, 1.82) is 0 Å². The van der Waals surface area contributed by atoms with Gasteiger partial charge in [-0.2, -0.15) is 0 Å². The maximum Gasteiger partial charge on any atom is 0.164 e. The molecule has 0 spiro atoms. The van der Waals surface area contributed by atoms with E-state index in [1.54, 1.807) is 30.9 Å². The highest BCUT2D eigenvalue weighted by molar-refractivity contribution is 5.70. The molecular formula is C105H108N16. The fourth-order valence-electron chi connectivity index (χ4n) is 10.5. The summed E-state index contributed by atoms with van der Waals surface area (Å²) in [5.74, 6) is 6.49. The van der Waals surface area contributed by atoms with Gasteiger partial charge < -0.3 is 0 Å². The summed E-state index contributed by atoms with van der Waals surface area (Å²) in [5.41, 5.74) is 14.2. The Morgan fingerprint density at radius 3 is 0.612 bits per heavy atom. The van der Waals surface area contributed by atoms with Crippen molar-refractivity contribution in [3.05, 3.63) is 437 Å². The summed E-state index contributed by atoms with van der Waals surface area (Å²) in [6.07, 6.45) is 11.4. The van der Waals surface area contributed by atoms with Gasteiger partial charge in [-0.25, -0.2) is 74.8 Å². The van der Waals surface area contributed by atoms with Crippen LogP contribution in [-0.2, 0) is 0 Å². The first kappa shape index (κ1) is 94.7. The summed E-state index contributed by atoms with van der Waals surface area (Å²) in [4.78, 5) is 68.6. The lowest BCUT2D eigenvalue weighted by molar-refractivity contribution is 0.992. The summed E-state index contributed by atoms with van der Waals surface area (Å²) in [7, 11) is 0. The van der Waals surface area contributed by atoms with Gasteiger partial charge in [0.25, 0.3) is 0 Å². The van der Waals surface area contributed by atoms with Crippen LogP contribution in [0.25, 0.3) is 113 Å². The van der Waals surface area contributed by atoms with Crippen LogP contribution in [0.3, 0.4) is 0 Å². The highest BCUT2D eigenvalue weighted by atomic mass is 15.0. The smallest absolute Gasteiger partial charge is 0.164 e. The Morgan fingerprint density at radius 2 is 0.372 bits per heavy atom. The van der Waals surface area contributed by atoms with E-state index in [2.05, 4.69) is 116 Å². The van der Waals surface area contributed by atoms with Crippen LogP contribution < -0.4 is 0 Å². The third kappa shape index (κ3) is 34.7. The minimum Gasteiger partial charge on any atom is -0.265 e. The Balaban J connectivity index is 0.000000218. The third-order valence-electron chi connectivity index (χ3n) is 15.7. The van der Waals surface area contributed by atoms with Gasteiger partial charge in [0.2, 0.25) is 0 Å². The zero-order chi connectivity index (χ0) is 86.4. The second-order valence-electron chi connectivity index (χ2n) is 23.9. The molecule has 18 rings (SSSR count). The van der Waals surface area contributed by atoms with Crippen LogP contribution in [0.1, 0.15) is 86.6 Å². The van der Waals surface area contributed by atoms with Crippen LogP contribution in [0.5, 0.6) is 0 Å². The number of hydrogen-bond acceptors (Lipinski definition) is 16. The molecule has 0 unspecified atom stereocenters. The van der Waals surface area contributed by atoms with Crippen molar-refractivity contribution < 1.29 is 0 Å². The van der Waals surface area contributed by atoms with Crippen molar-refractivity contribution in [2.45, 2.75) is 90.0 Å². The minimum absolute atomic E-state index is 0.684. The van der Waals surface area contributed by atoms with E-state index >= 15 is 0 Å². The number of aryl methyl sites for hydroxylation is 3. The van der Waals surface area contributed by atoms with Crippen molar-refractivity contribution in [2.75, 3.05) is 0 Å². The van der Waals surface area contributed by atoms with Gasteiger partial charge in [-0.05, 0) is 51.1 Å². The SMILES string of the molecule is CC.CC.CC.CC.CC.Cc1cc(-c2ccccc2)nc(-c2ccccc2)n1.Cc1nc(-c2ccccc2)cc(-c2ccccc2)n1.Cc1nc(-c2ccccc2)nc(-c2ccccc2)n1.c1ccc(-c2nc(-c3ccccc3)nc(-c3ccccc3)n2)cc1.c1ccc(-c2ncncn2)cc1.c1ccccc1.c1ccncc1.c1cncnc1. The fraction of sp³-hybridized carbons (Fsp3) is 0.124. The molecular weight excluding hydrogens is 1490 g/mol. The highest BCUT2D eigenvalue weighted by Crippen LogP contribution is 2.28. The zero-order valence-electron chi connectivity index (χ0n) is 71.5. The molecule has 0 saturated carbocycles. The van der Waals surface area contributed by atoms with Gasteiger partial charge in [0, 0.05) is 86.1 Å². The zero-order valence-corrected chi connectivity index (χ0v) is 71.5. The standard InChI is InChI=1S/C21H15N3.2C17H14N2.C16H13N3.C9H7N3.C6H6.C5H5N.C4H4N2.5C2H6/c1-4-10-16(11-5-1)19-22-20(17-12-6-2-7-13-17)24-21(23-19)18-14-8-3-9-15-18;1-13-18-16(14-8-4-2-5-9-14)12-17(19-13)15-10-6-3-7-11-15;1-13-12-16(14-8-4-2-5-9-14)19-17(18-13)15-10-6-3-7-11-15;1-12-17-15(13-8-4-2-5-9-13)19-16(18-12)14-10-6-3-7-11-14;1-2-4-8(5-3-1)9-11-6-10-7-12-9;2*1-2-4-6-5-3-1;1-2-5-4-6-3-1;5*1-2/h1-15H;2*2-12H,1H3;2-11H,1H3;1-7H;1-6H;1-5H;1-4H;5*1-2H3. The van der Waals surface area contributed by atoms with E-state index in [1.807, 2.05) is 424 Å². The fourth-order valence-corrected chi connectivity index (χ4v) is 10.5. The molecule has 0 aliphatic rings. The molecule has 0 amide bonds. The summed E-state index contributed by atoms with van der Waals surface area (Å²) >= 11 is 0. The average molecular weight is 1590 g/mol. The topological polar surface area (TPSA) is 206 Å². The molecule has 608 valence electrons. The number of pyridine rings is 1. The van der Waals surface area contributed by atoms with Crippen molar-refractivity contribution >= 4 is 0 Å². The number of benzene rings is 11. The monoisotopic (exact) mass is 1590 g/mol. The Morgan fingerprint density at radius 1 is 0.157 bits per heavy atom. The number of aromatic nitrogens is 16. The van der Waals surface area contributed by atoms with Crippen molar-refractivity contribution in [2.24, 2.45) is 0 Å². The molecule has 0 atom stereocenters. The largest absolute Gasteiger partial charge is 0.265 e. The van der Waals surface area contributed by atoms with Crippen molar-refractivity contribution in [3.8, 4) is 113 Å². The van der Waals surface area contributed by atoms with Crippen LogP contribution in [0.2, 0.25) is 0 Å². The van der Waals surface area contributed by atoms with Crippen molar-refractivity contribution in [3.63, 3.8) is 0 Å². The maximum absolute atomic E-state index is 4.68. The lowest BCUT2D eigenvalue weighted by atomic mass is 10.1. The average Bonchev–Trinajstić information content (AvgIpc) is 0.826. The van der Waals surface area contributed by atoms with Gasteiger partial charge in [-0.15, -0.1) is 0 Å². The normalized spacial score (nSPS) is 9.36. The maximum atomic E-state index is 4.68. The second kappa shape index (κ2) is 58.6. The molecule has 0 aliphatic heterocycles. The van der Waals surface area contributed by atoms with Crippen LogP contribution >= 0.6 is 0 Å². The van der Waals surface area contributed by atoms with E-state index in [4.69, 9.17) is 0 Å². The lowest BCUT2D eigenvalue weighted by Gasteiger charge is -2.08. The summed E-state index contributed by atoms with van der Waals surface area (Å²) in [5, 5.41) is 0. The molecule has 7 heterocycles. The minimum atomic E-state index is 0.684. The van der Waals surface area contributed by atoms with E-state index in [9.17, 15) is 0 Å². The van der Waals surface area contributed by atoms with Crippen LogP contribution in [0.4, 0.5) is 0 Å². The van der Waals surface area contributed by atoms with Gasteiger partial charge in [-0.3, -0.25) is 4.98 Å². The Kier molecular flexibility index (Phi) is 45.9. The third-order valence-corrected chi connectivity index (χ3v) is 15.7. The van der Waals surface area contributed by atoms with E-state index in [-0.39, 0.29) is 0 Å². The molecule has 0 fully saturated rings. The molecule has 7 aromatic heterocycles. The molecule has 0 radical (unpaired) electrons. The molecule has 18 aromatic rings. The number of rotatable bonds is 10. The summed E-state index contributed by atoms with van der Waals surface area (Å²) in [6, 6.07) is 124. The molecule has 0 N–H and O–H groups in total. The van der Waals surface area contributed by atoms with Crippen LogP contribution in [-0.4, -0.2) is 79.7 Å². The predicted molar refractivity (Wildman–Crippen MR) is 502 cm³/mol. The summed E-state index contributed by atoms with van der Waals surface area (Å²) in [6.45, 7) is 25.8. The lowest BCUT2D eigenvalue weighted by Crippen LogP contribution is -1.99. The molecule has 121 heavy (non-hydrogen) atoms. The number of hydrogen-bond donors (Lipinski definition) is 0. The molecule has 0 saturated heterocycles. The van der Waals surface area contributed by atoms with E-state index in [0.717, 1.165) is 95.9 Å². The highest BCUT2D eigenvalue weighted by Gasteiger charge is 2.13. The first-order valence-electron chi connectivity index (χ1n) is 40.8. The van der Waals surface area contributed by atoms with Crippen molar-refractivity contribution in [1.82, 2.24) is 79.7 Å². The molecule has 16 nitrogen and oxygen atoms in total. The Bertz CT molecular complexity index is 4770. The van der Waals surface area contributed by atoms with Gasteiger partial charge in [0.15, 0.2) is 40.8 Å². The second-order valence-corrected chi connectivity index (χ2v) is 23.9. The van der Waals surface area contributed by atoms with E-state index < -0.39 is 0 Å². The van der Waals surface area contributed by atoms with Gasteiger partial charge in [0.05, 0.1) is 17.1 Å². The van der Waals surface area contributed by atoms with Gasteiger partial charge in [0.1, 0.15) is 30.6 Å². The Hall–Kier alpha value is -15.2. The molecule has 0 bridgehead atoms. The predicted octanol–water partition coefficient (Wildman–Crippen LogP) is 26.5.